The molecular formula is C16H22N2O4. The molecule has 6 nitrogen and oxygen atoms in total. The third kappa shape index (κ3) is 5.97. The summed E-state index contributed by atoms with van der Waals surface area (Å²) < 4.78 is 10.3. The Morgan fingerprint density at radius 1 is 0.864 bits per heavy atom. The quantitative estimate of drug-likeness (QED) is 0.552. The van der Waals surface area contributed by atoms with Crippen LogP contribution in [0.15, 0.2) is 12.2 Å². The Kier molecular flexibility index (Phi) is 6.80. The van der Waals surface area contributed by atoms with Crippen molar-refractivity contribution in [2.24, 2.45) is 11.8 Å². The van der Waals surface area contributed by atoms with E-state index in [1.165, 1.54) is 0 Å². The van der Waals surface area contributed by atoms with Crippen LogP contribution in [0.4, 0.5) is 0 Å². The summed E-state index contributed by atoms with van der Waals surface area (Å²) in [5.41, 5.74) is -1.93. The molecule has 0 aromatic rings. The van der Waals surface area contributed by atoms with Gasteiger partial charge in [0.1, 0.15) is 11.2 Å². The Bertz CT molecular complexity index is 487. The van der Waals surface area contributed by atoms with Crippen LogP contribution in [-0.4, -0.2) is 23.1 Å². The van der Waals surface area contributed by atoms with Gasteiger partial charge in [0.2, 0.25) is 0 Å². The Morgan fingerprint density at radius 2 is 1.14 bits per heavy atom. The molecule has 0 fully saturated rings. The lowest BCUT2D eigenvalue weighted by Gasteiger charge is -2.27. The highest BCUT2D eigenvalue weighted by Gasteiger charge is 2.31. The molecule has 0 rings (SSSR count). The van der Waals surface area contributed by atoms with E-state index < -0.39 is 35.0 Å². The van der Waals surface area contributed by atoms with Gasteiger partial charge in [0, 0.05) is 12.2 Å². The van der Waals surface area contributed by atoms with Crippen molar-refractivity contribution in [3.63, 3.8) is 0 Å². The third-order valence-electron chi connectivity index (χ3n) is 3.56. The average Bonchev–Trinajstić information content (AvgIpc) is 2.42. The first kappa shape index (κ1) is 19.7. The number of ether oxygens (including phenoxy) is 2. The van der Waals surface area contributed by atoms with Crippen LogP contribution < -0.4 is 0 Å². The first-order valence-electron chi connectivity index (χ1n) is 6.89. The van der Waals surface area contributed by atoms with Crippen LogP contribution in [-0.2, 0) is 19.1 Å². The maximum Gasteiger partial charge on any atom is 0.331 e. The van der Waals surface area contributed by atoms with Gasteiger partial charge in [0.05, 0.1) is 24.0 Å². The molecule has 0 saturated carbocycles. The largest absolute Gasteiger partial charge is 0.455 e. The predicted molar refractivity (Wildman–Crippen MR) is 79.0 cm³/mol. The molecule has 0 radical (unpaired) electrons. The van der Waals surface area contributed by atoms with Crippen molar-refractivity contribution < 1.29 is 19.1 Å². The summed E-state index contributed by atoms with van der Waals surface area (Å²) in [7, 11) is 0. The summed E-state index contributed by atoms with van der Waals surface area (Å²) >= 11 is 0. The van der Waals surface area contributed by atoms with Crippen molar-refractivity contribution in [1.29, 1.82) is 10.5 Å². The normalized spacial score (nSPS) is 14.5. The molecule has 0 spiro atoms. The van der Waals surface area contributed by atoms with Gasteiger partial charge < -0.3 is 9.47 Å². The lowest BCUT2D eigenvalue weighted by Crippen LogP contribution is -2.34. The van der Waals surface area contributed by atoms with Crippen LogP contribution in [0.2, 0.25) is 0 Å². The zero-order chi connectivity index (χ0) is 17.6. The third-order valence-corrected chi connectivity index (χ3v) is 3.56. The lowest BCUT2D eigenvalue weighted by atomic mass is 9.94. The number of nitriles is 2. The lowest BCUT2D eigenvalue weighted by molar-refractivity contribution is -0.155. The number of carbonyl (C=O) groups excluding carboxylic acids is 2. The topological polar surface area (TPSA) is 100 Å². The predicted octanol–water partition coefficient (Wildman–Crippen LogP) is 2.51. The first-order chi connectivity index (χ1) is 9.96. The van der Waals surface area contributed by atoms with Gasteiger partial charge >= 0.3 is 11.9 Å². The van der Waals surface area contributed by atoms with Crippen LogP contribution in [0.3, 0.4) is 0 Å². The van der Waals surface area contributed by atoms with Gasteiger partial charge in [0.15, 0.2) is 0 Å². The second-order valence-electron chi connectivity index (χ2n) is 6.08. The van der Waals surface area contributed by atoms with Gasteiger partial charge in [-0.15, -0.1) is 0 Å². The standard InChI is InChI=1S/C16H22N2O4/c1-11(9-17)15(3,4)21-13(19)7-8-14(20)22-16(5,6)12(2)10-18/h7-8,11-12H,1-6H3/b8-7+. The zero-order valence-electron chi connectivity index (χ0n) is 13.8. The molecule has 2 unspecified atom stereocenters. The fourth-order valence-corrected chi connectivity index (χ4v) is 1.21. The highest BCUT2D eigenvalue weighted by Crippen LogP contribution is 2.22. The fourth-order valence-electron chi connectivity index (χ4n) is 1.21. The highest BCUT2D eigenvalue weighted by molar-refractivity contribution is 5.92. The summed E-state index contributed by atoms with van der Waals surface area (Å²) in [6, 6.07) is 4.00. The summed E-state index contributed by atoms with van der Waals surface area (Å²) in [6.07, 6.45) is 1.89. The van der Waals surface area contributed by atoms with E-state index in [2.05, 4.69) is 0 Å². The average molecular weight is 306 g/mol. The fraction of sp³-hybridized carbons (Fsp3) is 0.625. The van der Waals surface area contributed by atoms with E-state index in [0.717, 1.165) is 12.2 Å². The number of hydrogen-bond acceptors (Lipinski definition) is 6. The van der Waals surface area contributed by atoms with Gasteiger partial charge in [-0.05, 0) is 41.5 Å². The molecule has 0 N–H and O–H groups in total. The van der Waals surface area contributed by atoms with Gasteiger partial charge in [0.25, 0.3) is 0 Å². The summed E-state index contributed by atoms with van der Waals surface area (Å²) in [6.45, 7) is 9.73. The van der Waals surface area contributed by atoms with Crippen molar-refractivity contribution in [3.05, 3.63) is 12.2 Å². The molecule has 0 aliphatic rings. The monoisotopic (exact) mass is 306 g/mol. The number of nitrogens with zero attached hydrogens (tertiary/aromatic N) is 2. The molecular weight excluding hydrogens is 284 g/mol. The number of hydrogen-bond donors (Lipinski definition) is 0. The van der Waals surface area contributed by atoms with Crippen molar-refractivity contribution in [2.45, 2.75) is 52.7 Å². The van der Waals surface area contributed by atoms with E-state index in [4.69, 9.17) is 20.0 Å². The van der Waals surface area contributed by atoms with Gasteiger partial charge in [-0.2, -0.15) is 10.5 Å². The highest BCUT2D eigenvalue weighted by atomic mass is 16.6. The molecule has 2 atom stereocenters. The molecule has 120 valence electrons. The molecule has 0 aromatic carbocycles. The minimum Gasteiger partial charge on any atom is -0.455 e. The minimum absolute atomic E-state index is 0.493. The Labute approximate surface area is 131 Å². The SMILES string of the molecule is CC(C#N)C(C)(C)OC(=O)/C=C/C(=O)OC(C)(C)C(C)C#N. The molecule has 0 aliphatic heterocycles. The van der Waals surface area contributed by atoms with Crippen LogP contribution in [0, 0.1) is 34.5 Å². The van der Waals surface area contributed by atoms with E-state index in [-0.39, 0.29) is 0 Å². The Balaban J connectivity index is 4.68. The molecule has 0 aliphatic carbocycles. The van der Waals surface area contributed by atoms with Crippen molar-refractivity contribution in [3.8, 4) is 12.1 Å². The maximum atomic E-state index is 11.7. The van der Waals surface area contributed by atoms with E-state index in [9.17, 15) is 9.59 Å². The number of esters is 2. The van der Waals surface area contributed by atoms with Crippen LogP contribution in [0.1, 0.15) is 41.5 Å². The van der Waals surface area contributed by atoms with Crippen LogP contribution >= 0.6 is 0 Å². The molecule has 0 aromatic heterocycles. The summed E-state index contributed by atoms with van der Waals surface area (Å²) in [5.74, 6) is -2.47. The maximum absolute atomic E-state index is 11.7. The van der Waals surface area contributed by atoms with E-state index in [1.54, 1.807) is 41.5 Å². The van der Waals surface area contributed by atoms with Crippen LogP contribution in [0.25, 0.3) is 0 Å². The molecule has 0 heterocycles. The second-order valence-corrected chi connectivity index (χ2v) is 6.08. The van der Waals surface area contributed by atoms with Gasteiger partial charge in [-0.1, -0.05) is 0 Å². The summed E-state index contributed by atoms with van der Waals surface area (Å²) in [5, 5.41) is 17.7. The Hall–Kier alpha value is -2.34. The molecule has 0 saturated heterocycles. The molecule has 6 heteroatoms. The number of rotatable bonds is 6. The molecule has 22 heavy (non-hydrogen) atoms. The van der Waals surface area contributed by atoms with Crippen molar-refractivity contribution in [1.82, 2.24) is 0 Å². The van der Waals surface area contributed by atoms with E-state index >= 15 is 0 Å². The van der Waals surface area contributed by atoms with Gasteiger partial charge in [-0.25, -0.2) is 9.59 Å². The zero-order valence-corrected chi connectivity index (χ0v) is 13.8. The molecule has 0 bridgehead atoms. The summed E-state index contributed by atoms with van der Waals surface area (Å²) in [4.78, 5) is 23.3. The minimum atomic E-state index is -0.964. The van der Waals surface area contributed by atoms with E-state index in [0.29, 0.717) is 0 Å². The number of carbonyl (C=O) groups is 2. The first-order valence-corrected chi connectivity index (χ1v) is 6.89. The van der Waals surface area contributed by atoms with Crippen LogP contribution in [0.5, 0.6) is 0 Å². The smallest absolute Gasteiger partial charge is 0.331 e. The van der Waals surface area contributed by atoms with Gasteiger partial charge in [-0.3, -0.25) is 0 Å². The van der Waals surface area contributed by atoms with E-state index in [1.807, 2.05) is 12.1 Å². The van der Waals surface area contributed by atoms with Crippen molar-refractivity contribution >= 4 is 11.9 Å². The molecule has 0 amide bonds. The Morgan fingerprint density at radius 3 is 1.36 bits per heavy atom. The second kappa shape index (κ2) is 7.61. The van der Waals surface area contributed by atoms with Crippen molar-refractivity contribution in [2.75, 3.05) is 0 Å².